The van der Waals surface area contributed by atoms with Crippen molar-refractivity contribution in [3.05, 3.63) is 76.7 Å². The largest absolute Gasteiger partial charge is 0.365 e. The first kappa shape index (κ1) is 17.1. The summed E-state index contributed by atoms with van der Waals surface area (Å²) in [5.41, 5.74) is 2.09. The van der Waals surface area contributed by atoms with Crippen molar-refractivity contribution >= 4 is 23.4 Å². The maximum absolute atomic E-state index is 12.9. The highest BCUT2D eigenvalue weighted by atomic mass is 35.5. The van der Waals surface area contributed by atoms with Crippen molar-refractivity contribution in [2.45, 2.75) is 13.0 Å². The fourth-order valence-electron chi connectivity index (χ4n) is 2.27. The third kappa shape index (κ3) is 5.39. The molecule has 7 heteroatoms. The summed E-state index contributed by atoms with van der Waals surface area (Å²) in [5, 5.41) is 14.9. The molecule has 128 valence electrons. The lowest BCUT2D eigenvalue weighted by molar-refractivity contribution is 0.627. The van der Waals surface area contributed by atoms with E-state index in [9.17, 15) is 4.39 Å². The number of hydrogen-bond acceptors (Lipinski definition) is 5. The predicted octanol–water partition coefficient (Wildman–Crippen LogP) is 3.93. The van der Waals surface area contributed by atoms with Gasteiger partial charge >= 0.3 is 0 Å². The van der Waals surface area contributed by atoms with Crippen molar-refractivity contribution in [3.8, 4) is 0 Å². The number of nitrogens with zero attached hydrogens (tertiary/aromatic N) is 3. The quantitative estimate of drug-likeness (QED) is 0.670. The summed E-state index contributed by atoms with van der Waals surface area (Å²) in [4.78, 5) is 4.36. The van der Waals surface area contributed by atoms with Crippen LogP contribution >= 0.6 is 11.6 Å². The van der Waals surface area contributed by atoms with Crippen LogP contribution in [-0.4, -0.2) is 21.7 Å². The molecule has 0 saturated heterocycles. The molecule has 0 aliphatic carbocycles. The third-order valence-electron chi connectivity index (χ3n) is 3.53. The number of benzene rings is 2. The van der Waals surface area contributed by atoms with E-state index in [4.69, 9.17) is 11.6 Å². The van der Waals surface area contributed by atoms with Gasteiger partial charge in [0.15, 0.2) is 5.82 Å². The highest BCUT2D eigenvalue weighted by Crippen LogP contribution is 2.12. The number of nitrogens with one attached hydrogen (secondary N) is 2. The third-order valence-corrected chi connectivity index (χ3v) is 3.77. The number of rotatable bonds is 7. The van der Waals surface area contributed by atoms with Gasteiger partial charge in [-0.05, 0) is 41.8 Å². The van der Waals surface area contributed by atoms with Gasteiger partial charge in [0.1, 0.15) is 5.82 Å². The minimum absolute atomic E-state index is 0.251. The molecule has 3 aromatic rings. The standard InChI is InChI=1S/C18H17ClFN5/c19-15-3-1-2-13(10-15)8-9-21-18-24-17(12-23-25-18)22-11-14-4-6-16(20)7-5-14/h1-7,10,12H,8-9,11H2,(H2,21,22,24,25). The van der Waals surface area contributed by atoms with Crippen LogP contribution in [0.2, 0.25) is 5.02 Å². The topological polar surface area (TPSA) is 62.7 Å². The SMILES string of the molecule is Fc1ccc(CNc2cnnc(NCCc3cccc(Cl)c3)n2)cc1. The zero-order chi connectivity index (χ0) is 17.5. The molecule has 0 aliphatic heterocycles. The van der Waals surface area contributed by atoms with Crippen molar-refractivity contribution in [2.75, 3.05) is 17.2 Å². The molecule has 5 nitrogen and oxygen atoms in total. The molecule has 0 atom stereocenters. The predicted molar refractivity (Wildman–Crippen MR) is 97.2 cm³/mol. The van der Waals surface area contributed by atoms with Gasteiger partial charge in [-0.1, -0.05) is 35.9 Å². The first-order valence-corrected chi connectivity index (χ1v) is 8.23. The average molecular weight is 358 g/mol. The van der Waals surface area contributed by atoms with Gasteiger partial charge in [0.2, 0.25) is 5.95 Å². The van der Waals surface area contributed by atoms with Crippen LogP contribution in [0.5, 0.6) is 0 Å². The minimum atomic E-state index is -0.251. The molecule has 2 N–H and O–H groups in total. The summed E-state index contributed by atoms with van der Waals surface area (Å²) in [5.74, 6) is 0.800. The van der Waals surface area contributed by atoms with Crippen LogP contribution in [0, 0.1) is 5.82 Å². The Kier molecular flexibility index (Phi) is 5.74. The van der Waals surface area contributed by atoms with Gasteiger partial charge < -0.3 is 10.6 Å². The number of halogens is 2. The Balaban J connectivity index is 1.51. The molecule has 0 aliphatic rings. The molecule has 25 heavy (non-hydrogen) atoms. The lowest BCUT2D eigenvalue weighted by Gasteiger charge is -2.08. The monoisotopic (exact) mass is 357 g/mol. The zero-order valence-corrected chi connectivity index (χ0v) is 14.2. The van der Waals surface area contributed by atoms with E-state index in [0.717, 1.165) is 22.6 Å². The Bertz CT molecular complexity index is 826. The van der Waals surface area contributed by atoms with E-state index >= 15 is 0 Å². The molecule has 0 bridgehead atoms. The first-order valence-electron chi connectivity index (χ1n) is 7.85. The molecule has 1 heterocycles. The molecule has 2 aromatic carbocycles. The Morgan fingerprint density at radius 1 is 1.00 bits per heavy atom. The van der Waals surface area contributed by atoms with E-state index in [2.05, 4.69) is 25.8 Å². The van der Waals surface area contributed by atoms with Crippen molar-refractivity contribution in [3.63, 3.8) is 0 Å². The summed E-state index contributed by atoms with van der Waals surface area (Å²) in [6, 6.07) is 14.0. The molecule has 0 unspecified atom stereocenters. The average Bonchev–Trinajstić information content (AvgIpc) is 2.62. The van der Waals surface area contributed by atoms with Crippen LogP contribution in [0.3, 0.4) is 0 Å². The lowest BCUT2D eigenvalue weighted by atomic mass is 10.1. The van der Waals surface area contributed by atoms with E-state index in [1.54, 1.807) is 18.3 Å². The van der Waals surface area contributed by atoms with Crippen LogP contribution in [0.4, 0.5) is 16.2 Å². The van der Waals surface area contributed by atoms with Crippen LogP contribution in [0.25, 0.3) is 0 Å². The summed E-state index contributed by atoms with van der Waals surface area (Å²) < 4.78 is 12.9. The molecule has 3 rings (SSSR count). The molecule has 0 spiro atoms. The lowest BCUT2D eigenvalue weighted by Crippen LogP contribution is -2.10. The summed E-state index contributed by atoms with van der Waals surface area (Å²) in [6.07, 6.45) is 2.35. The highest BCUT2D eigenvalue weighted by molar-refractivity contribution is 6.30. The Labute approximate surface area is 150 Å². The second-order valence-corrected chi connectivity index (χ2v) is 5.89. The number of anilines is 2. The second-order valence-electron chi connectivity index (χ2n) is 5.45. The summed E-state index contributed by atoms with van der Waals surface area (Å²) in [7, 11) is 0. The second kappa shape index (κ2) is 8.39. The van der Waals surface area contributed by atoms with E-state index in [-0.39, 0.29) is 5.82 Å². The van der Waals surface area contributed by atoms with Gasteiger partial charge in [0.05, 0.1) is 6.20 Å². The van der Waals surface area contributed by atoms with Crippen molar-refractivity contribution in [1.82, 2.24) is 15.2 Å². The first-order chi connectivity index (χ1) is 12.2. The van der Waals surface area contributed by atoms with Gasteiger partial charge in [-0.2, -0.15) is 10.1 Å². The molecule has 1 aromatic heterocycles. The molecule has 0 saturated carbocycles. The van der Waals surface area contributed by atoms with E-state index < -0.39 is 0 Å². The van der Waals surface area contributed by atoms with Crippen LogP contribution in [0.15, 0.2) is 54.7 Å². The maximum Gasteiger partial charge on any atom is 0.244 e. The number of hydrogen-bond donors (Lipinski definition) is 2. The Morgan fingerprint density at radius 2 is 1.84 bits per heavy atom. The molecule has 0 radical (unpaired) electrons. The van der Waals surface area contributed by atoms with Crippen molar-refractivity contribution in [1.29, 1.82) is 0 Å². The van der Waals surface area contributed by atoms with Gasteiger partial charge in [0.25, 0.3) is 0 Å². The van der Waals surface area contributed by atoms with Crippen LogP contribution in [0.1, 0.15) is 11.1 Å². The van der Waals surface area contributed by atoms with Gasteiger partial charge in [-0.15, -0.1) is 5.10 Å². The fraction of sp³-hybridized carbons (Fsp3) is 0.167. The minimum Gasteiger partial charge on any atom is -0.365 e. The van der Waals surface area contributed by atoms with E-state index in [1.165, 1.54) is 12.1 Å². The van der Waals surface area contributed by atoms with E-state index in [0.29, 0.717) is 24.9 Å². The molecule has 0 fully saturated rings. The van der Waals surface area contributed by atoms with Crippen molar-refractivity contribution < 1.29 is 4.39 Å². The van der Waals surface area contributed by atoms with Crippen LogP contribution < -0.4 is 10.6 Å². The van der Waals surface area contributed by atoms with Gasteiger partial charge in [-0.25, -0.2) is 4.39 Å². The molecular weight excluding hydrogens is 341 g/mol. The Morgan fingerprint density at radius 3 is 2.64 bits per heavy atom. The van der Waals surface area contributed by atoms with Crippen molar-refractivity contribution in [2.24, 2.45) is 0 Å². The highest BCUT2D eigenvalue weighted by Gasteiger charge is 2.01. The molecular formula is C18H17ClFN5. The molecule has 0 amide bonds. The maximum atomic E-state index is 12.9. The fourth-order valence-corrected chi connectivity index (χ4v) is 2.48. The smallest absolute Gasteiger partial charge is 0.244 e. The Hall–Kier alpha value is -2.73. The number of aromatic nitrogens is 3. The normalized spacial score (nSPS) is 10.5. The van der Waals surface area contributed by atoms with E-state index in [1.807, 2.05) is 24.3 Å². The summed E-state index contributed by atoms with van der Waals surface area (Å²) in [6.45, 7) is 1.20. The van der Waals surface area contributed by atoms with Gasteiger partial charge in [-0.3, -0.25) is 0 Å². The summed E-state index contributed by atoms with van der Waals surface area (Å²) >= 11 is 5.97. The zero-order valence-electron chi connectivity index (χ0n) is 13.4. The van der Waals surface area contributed by atoms with Gasteiger partial charge in [0, 0.05) is 18.1 Å². The van der Waals surface area contributed by atoms with Crippen LogP contribution in [-0.2, 0) is 13.0 Å².